The second-order valence-corrected chi connectivity index (χ2v) is 10.3. The van der Waals surface area contributed by atoms with Crippen LogP contribution < -0.4 is 4.74 Å². The molecule has 0 saturated carbocycles. The number of thioether (sulfide) groups is 1. The number of hydrogen-bond donors (Lipinski definition) is 1. The number of aliphatic hydroxyl groups excluding tert-OH is 1. The first kappa shape index (κ1) is 25.4. The molecule has 1 unspecified atom stereocenters. The minimum atomic E-state index is -1.08. The van der Waals surface area contributed by atoms with Crippen LogP contribution in [0.1, 0.15) is 36.6 Å². The number of aromatic nitrogens is 1. The third kappa shape index (κ3) is 6.52. The molecule has 0 bridgehead atoms. The number of halogens is 1. The lowest BCUT2D eigenvalue weighted by molar-refractivity contribution is 0.0672. The molecular weight excluding hydrogens is 461 g/mol. The predicted molar refractivity (Wildman–Crippen MR) is 138 cm³/mol. The van der Waals surface area contributed by atoms with Crippen LogP contribution in [0.2, 0.25) is 0 Å². The molecule has 184 valence electrons. The quantitative estimate of drug-likeness (QED) is 0.369. The Kier molecular flexibility index (Phi) is 8.97. The van der Waals surface area contributed by atoms with Crippen molar-refractivity contribution in [1.29, 1.82) is 5.26 Å². The van der Waals surface area contributed by atoms with Crippen molar-refractivity contribution in [2.24, 2.45) is 11.8 Å². The van der Waals surface area contributed by atoms with E-state index < -0.39 is 6.17 Å². The van der Waals surface area contributed by atoms with E-state index in [-0.39, 0.29) is 12.5 Å². The molecule has 1 aliphatic heterocycles. The molecule has 0 radical (unpaired) electrons. The molecular formula is C28H32FN3O2S. The molecule has 1 fully saturated rings. The van der Waals surface area contributed by atoms with Gasteiger partial charge in [-0.2, -0.15) is 5.26 Å². The summed E-state index contributed by atoms with van der Waals surface area (Å²) in [7, 11) is 1.61. The van der Waals surface area contributed by atoms with Gasteiger partial charge in [-0.3, -0.25) is 4.98 Å². The smallest absolute Gasteiger partial charge is 0.126 e. The van der Waals surface area contributed by atoms with Crippen LogP contribution in [0.15, 0.2) is 59.6 Å². The first-order chi connectivity index (χ1) is 17.1. The van der Waals surface area contributed by atoms with Crippen LogP contribution >= 0.6 is 11.8 Å². The van der Waals surface area contributed by atoms with Crippen molar-refractivity contribution in [3.8, 4) is 11.8 Å². The number of nitrogens with zero attached hydrogens (tertiary/aromatic N) is 3. The molecule has 7 heteroatoms. The minimum absolute atomic E-state index is 0.130. The van der Waals surface area contributed by atoms with Crippen LogP contribution in [0.3, 0.4) is 0 Å². The van der Waals surface area contributed by atoms with E-state index >= 15 is 4.39 Å². The van der Waals surface area contributed by atoms with Gasteiger partial charge in [-0.05, 0) is 85.7 Å². The number of ether oxygens (including phenoxy) is 1. The molecule has 1 N–H and O–H groups in total. The average molecular weight is 494 g/mol. The third-order valence-corrected chi connectivity index (χ3v) is 7.93. The Balaban J connectivity index is 1.29. The topological polar surface area (TPSA) is 69.4 Å². The normalized spacial score (nSPS) is 19.4. The van der Waals surface area contributed by atoms with E-state index in [1.54, 1.807) is 31.1 Å². The van der Waals surface area contributed by atoms with Crippen molar-refractivity contribution < 1.29 is 14.2 Å². The van der Waals surface area contributed by atoms with Gasteiger partial charge in [0, 0.05) is 41.9 Å². The van der Waals surface area contributed by atoms with E-state index in [4.69, 9.17) is 10.00 Å². The molecule has 4 rings (SSSR count). The van der Waals surface area contributed by atoms with E-state index in [9.17, 15) is 5.11 Å². The Morgan fingerprint density at radius 1 is 1.26 bits per heavy atom. The van der Waals surface area contributed by atoms with Crippen molar-refractivity contribution in [3.63, 3.8) is 0 Å². The molecule has 1 aromatic heterocycles. The summed E-state index contributed by atoms with van der Waals surface area (Å²) in [5.74, 6) is 2.11. The standard InChI is InChI=1S/C28H32FN3O2S/c1-34-23-6-8-28-26(16-23)25(9-11-31-28)27(29)7-5-21-10-12-32(18-22(21)19-33)13-14-35-24-4-2-3-20(15-24)17-30/h2-4,6,8-9,11,15-16,21-22,27,33H,5,7,10,12-14,18-19H2,1H3/t21-,22-,27?/m1/s1. The van der Waals surface area contributed by atoms with Crippen LogP contribution in [0.5, 0.6) is 5.75 Å². The molecule has 1 saturated heterocycles. The zero-order chi connectivity index (χ0) is 24.6. The van der Waals surface area contributed by atoms with Crippen LogP contribution in [0, 0.1) is 23.2 Å². The number of rotatable bonds is 10. The van der Waals surface area contributed by atoms with Gasteiger partial charge in [0.1, 0.15) is 11.9 Å². The zero-order valence-electron chi connectivity index (χ0n) is 20.1. The second-order valence-electron chi connectivity index (χ2n) is 9.11. The summed E-state index contributed by atoms with van der Waals surface area (Å²) in [5, 5.41) is 19.9. The number of nitriles is 1. The van der Waals surface area contributed by atoms with Crippen molar-refractivity contribution in [1.82, 2.24) is 9.88 Å². The molecule has 35 heavy (non-hydrogen) atoms. The number of benzene rings is 2. The maximum Gasteiger partial charge on any atom is 0.126 e. The second kappa shape index (κ2) is 12.3. The van der Waals surface area contributed by atoms with Gasteiger partial charge in [-0.1, -0.05) is 6.07 Å². The maximum absolute atomic E-state index is 15.4. The number of methoxy groups -OCH3 is 1. The lowest BCUT2D eigenvalue weighted by atomic mass is 9.81. The maximum atomic E-state index is 15.4. The highest BCUT2D eigenvalue weighted by Gasteiger charge is 2.29. The Morgan fingerprint density at radius 3 is 2.94 bits per heavy atom. The van der Waals surface area contributed by atoms with Crippen LogP contribution in [0.4, 0.5) is 4.39 Å². The molecule has 0 spiro atoms. The number of fused-ring (bicyclic) bond motifs is 1. The van der Waals surface area contributed by atoms with Crippen molar-refractivity contribution in [2.45, 2.75) is 30.3 Å². The van der Waals surface area contributed by atoms with Gasteiger partial charge in [0.25, 0.3) is 0 Å². The SMILES string of the molecule is COc1ccc2nccc(C(F)CC[C@@H]3CCN(CCSc4cccc(C#N)c4)C[C@@H]3CO)c2c1. The molecule has 0 aliphatic carbocycles. The predicted octanol–water partition coefficient (Wildman–Crippen LogP) is 5.63. The number of alkyl halides is 1. The fourth-order valence-corrected chi connectivity index (χ4v) is 5.93. The first-order valence-corrected chi connectivity index (χ1v) is 13.1. The van der Waals surface area contributed by atoms with Gasteiger partial charge in [0.2, 0.25) is 0 Å². The number of likely N-dealkylation sites (tertiary alicyclic amines) is 1. The highest BCUT2D eigenvalue weighted by molar-refractivity contribution is 7.99. The lowest BCUT2D eigenvalue weighted by Crippen LogP contribution is -2.43. The number of piperidine rings is 1. The van der Waals surface area contributed by atoms with Crippen LogP contribution in [-0.2, 0) is 0 Å². The summed E-state index contributed by atoms with van der Waals surface area (Å²) in [6.45, 7) is 2.87. The van der Waals surface area contributed by atoms with E-state index in [0.717, 1.165) is 54.0 Å². The number of pyridine rings is 1. The fraction of sp³-hybridized carbons (Fsp3) is 0.429. The largest absolute Gasteiger partial charge is 0.497 e. The Hall–Kier alpha value is -2.66. The van der Waals surface area contributed by atoms with Gasteiger partial charge in [-0.25, -0.2) is 4.39 Å². The Morgan fingerprint density at radius 2 is 2.14 bits per heavy atom. The van der Waals surface area contributed by atoms with Crippen molar-refractivity contribution in [2.75, 3.05) is 39.1 Å². The van der Waals surface area contributed by atoms with Crippen LogP contribution in [-0.4, -0.2) is 54.1 Å². The van der Waals surface area contributed by atoms with E-state index in [2.05, 4.69) is 16.0 Å². The van der Waals surface area contributed by atoms with Crippen LogP contribution in [0.25, 0.3) is 10.9 Å². The molecule has 2 heterocycles. The number of hydrogen-bond acceptors (Lipinski definition) is 6. The summed E-state index contributed by atoms with van der Waals surface area (Å²) < 4.78 is 20.7. The molecule has 3 atom stereocenters. The zero-order valence-corrected chi connectivity index (χ0v) is 20.9. The Bertz CT molecular complexity index is 1170. The first-order valence-electron chi connectivity index (χ1n) is 12.1. The average Bonchev–Trinajstić information content (AvgIpc) is 2.91. The van der Waals surface area contributed by atoms with E-state index in [0.29, 0.717) is 29.2 Å². The van der Waals surface area contributed by atoms with Gasteiger partial charge in [0.05, 0.1) is 24.3 Å². The monoisotopic (exact) mass is 493 g/mol. The molecule has 1 aliphatic rings. The van der Waals surface area contributed by atoms with Crippen molar-refractivity contribution >= 4 is 22.7 Å². The summed E-state index contributed by atoms with van der Waals surface area (Å²) in [4.78, 5) is 7.86. The van der Waals surface area contributed by atoms with Gasteiger partial charge in [0.15, 0.2) is 0 Å². The van der Waals surface area contributed by atoms with E-state index in [1.165, 1.54) is 0 Å². The van der Waals surface area contributed by atoms with Gasteiger partial charge < -0.3 is 14.7 Å². The highest BCUT2D eigenvalue weighted by atomic mass is 32.2. The Labute approximate surface area is 210 Å². The van der Waals surface area contributed by atoms with Gasteiger partial charge >= 0.3 is 0 Å². The summed E-state index contributed by atoms with van der Waals surface area (Å²) in [6.07, 6.45) is 2.75. The fourth-order valence-electron chi connectivity index (χ4n) is 4.96. The summed E-state index contributed by atoms with van der Waals surface area (Å²) in [6, 6.07) is 17.2. The lowest BCUT2D eigenvalue weighted by Gasteiger charge is -2.38. The third-order valence-electron chi connectivity index (χ3n) is 6.96. The molecule has 5 nitrogen and oxygen atoms in total. The summed E-state index contributed by atoms with van der Waals surface area (Å²) >= 11 is 1.75. The molecule has 0 amide bonds. The van der Waals surface area contributed by atoms with E-state index in [1.807, 2.05) is 42.5 Å². The number of aliphatic hydroxyl groups is 1. The minimum Gasteiger partial charge on any atom is -0.497 e. The molecule has 2 aromatic carbocycles. The van der Waals surface area contributed by atoms with Crippen molar-refractivity contribution in [3.05, 3.63) is 65.9 Å². The molecule has 3 aromatic rings. The van der Waals surface area contributed by atoms with Gasteiger partial charge in [-0.15, -0.1) is 11.8 Å². The highest BCUT2D eigenvalue weighted by Crippen LogP contribution is 2.35. The summed E-state index contributed by atoms with van der Waals surface area (Å²) in [5.41, 5.74) is 2.11.